The van der Waals surface area contributed by atoms with Gasteiger partial charge in [0.1, 0.15) is 34.6 Å². The number of fused-ring (bicyclic) bond motifs is 2. The Morgan fingerprint density at radius 2 is 0.908 bits per heavy atom. The number of carbonyl (C=O) groups excluding carboxylic acids is 4. The van der Waals surface area contributed by atoms with Gasteiger partial charge in [-0.15, -0.1) is 0 Å². The van der Waals surface area contributed by atoms with Crippen LogP contribution in [-0.4, -0.2) is 119 Å². The molecule has 2 aliphatic carbocycles. The molecule has 10 rings (SSSR count). The van der Waals surface area contributed by atoms with Gasteiger partial charge in [0, 0.05) is 62.4 Å². The number of pyridine rings is 2. The average molecular weight is 1220 g/mol. The minimum atomic E-state index is -0.944. The van der Waals surface area contributed by atoms with E-state index in [2.05, 4.69) is 14.8 Å². The molecule has 8 aromatic rings. The second kappa shape index (κ2) is 34.2. The molecular formula is C62H56BF2N2Na3O17. The number of methoxy groups -OCH3 is 4. The van der Waals surface area contributed by atoms with Crippen LogP contribution in [0, 0.1) is 27.7 Å². The molecule has 0 unspecified atom stereocenters. The summed E-state index contributed by atoms with van der Waals surface area (Å²) in [5.74, 6) is 2.31. The summed E-state index contributed by atoms with van der Waals surface area (Å²) in [6.07, 6.45) is 5.79. The number of aliphatic carboxylic acids is 1. The van der Waals surface area contributed by atoms with Crippen LogP contribution < -0.4 is 68.0 Å². The zero-order valence-corrected chi connectivity index (χ0v) is 55.2. The minimum absolute atomic E-state index is 0. The fourth-order valence-electron chi connectivity index (χ4n) is 9.10. The van der Waals surface area contributed by atoms with Crippen LogP contribution in [0.4, 0.5) is 8.78 Å². The van der Waals surface area contributed by atoms with Gasteiger partial charge in [-0.25, -0.2) is 8.78 Å². The normalized spacial score (nSPS) is 12.5. The van der Waals surface area contributed by atoms with Gasteiger partial charge in [-0.2, -0.15) is 4.73 Å². The molecule has 2 heterocycles. The number of carboxylic acid groups (broad SMARTS) is 1. The zero-order chi connectivity index (χ0) is 62.6. The fraction of sp³-hybridized carbons (Fsp3) is 0.242. The van der Waals surface area contributed by atoms with Crippen LogP contribution in [0.1, 0.15) is 54.9 Å². The Hall–Kier alpha value is -6.67. The van der Waals surface area contributed by atoms with Gasteiger partial charge in [-0.3, -0.25) is 29.0 Å². The first-order chi connectivity index (χ1) is 41.4. The molecule has 0 amide bonds. The predicted octanol–water partition coefficient (Wildman–Crippen LogP) is 5.52. The quantitative estimate of drug-likeness (QED) is 0.0219. The van der Waals surface area contributed by atoms with Gasteiger partial charge in [0.25, 0.3) is 5.97 Å². The zero-order valence-electron chi connectivity index (χ0n) is 49.2. The standard InChI is InChI=1S/C30H26FNO6.C30H26FNO5.C2H4O2.BHO4.3Na/c1-36-26-17-23-24(18-27(26)37-2)32(35)14-11-25(23)38-22-9-5-20(6-10-22)16-29(34)30(12-13-30)28(33)15-19-3-7-21(31)8-4-19;1-35-26-17-23-24(18-27(26)36-2)32-14-11-25(23)37-22-9-5-20(6-10-22)16-29(34)30(12-13-30)28(33)15-19-3-7-21(31)8-4-19;1-2(3)4;2-1-4-5-3;;;/h3-11,14,17-18H,12-13,15-16H2,1-2H3;3-11,14,17-18H,12-13,15-16H2,1-2H3;1H3,(H,3,4);3H;;;/q;;;;;;+1/p-1. The Kier molecular flexibility index (Phi) is 27.9. The molecule has 0 bridgehead atoms. The number of hydrogen-bond acceptors (Lipinski definition) is 17. The number of Topliss-reactive ketones (excluding diaryl/α,β-unsaturated/α-hetero) is 4. The van der Waals surface area contributed by atoms with Gasteiger partial charge >= 0.3 is 100 Å². The summed E-state index contributed by atoms with van der Waals surface area (Å²) < 4.78 is 69.5. The van der Waals surface area contributed by atoms with Crippen molar-refractivity contribution in [2.45, 2.75) is 58.3 Å². The molecule has 2 aromatic heterocycles. The number of rotatable bonds is 22. The maximum absolute atomic E-state index is 13.2. The Morgan fingerprint density at radius 1 is 0.563 bits per heavy atom. The fourth-order valence-corrected chi connectivity index (χ4v) is 9.10. The molecule has 0 aliphatic heterocycles. The van der Waals surface area contributed by atoms with Crippen molar-refractivity contribution in [1.82, 2.24) is 4.98 Å². The van der Waals surface area contributed by atoms with Crippen molar-refractivity contribution in [3.63, 3.8) is 0 Å². The van der Waals surface area contributed by atoms with E-state index in [1.54, 1.807) is 111 Å². The van der Waals surface area contributed by atoms with Crippen molar-refractivity contribution in [3.8, 4) is 46.0 Å². The van der Waals surface area contributed by atoms with Gasteiger partial charge < -0.3 is 38.7 Å². The van der Waals surface area contributed by atoms with Gasteiger partial charge in [-0.05, 0) is 109 Å². The molecule has 25 heteroatoms. The summed E-state index contributed by atoms with van der Waals surface area (Å²) in [4.78, 5) is 68.5. The molecule has 0 spiro atoms. The Labute approximate surface area is 550 Å². The second-order valence-corrected chi connectivity index (χ2v) is 19.4. The summed E-state index contributed by atoms with van der Waals surface area (Å²) in [7, 11) is 6.05. The number of halogens is 2. The molecular weight excluding hydrogens is 1160 g/mol. The average Bonchev–Trinajstić information content (AvgIpc) is 1.77. The molecule has 436 valence electrons. The number of carboxylic acids is 1. The van der Waals surface area contributed by atoms with E-state index in [-0.39, 0.29) is 97.4 Å². The second-order valence-electron chi connectivity index (χ2n) is 19.4. The number of nitrogens with zero attached hydrogens (tertiary/aromatic N) is 2. The summed E-state index contributed by atoms with van der Waals surface area (Å²) in [6.45, 7) is 1.08. The number of aromatic nitrogens is 2. The SMILES string of the molecule is CC(=O)O.COc1cc2c(Oc3ccc(CC(=O)C4(C(=O)Cc5ccc(F)cc5)CC4)cc3)cc[n+]([O-])c2cc1OC.COc1cc2nccc(Oc3ccc(CC(=O)C4(C(=O)Cc5ccc(F)cc5)CC4)cc3)c2cc1OC.O=BOO[O-].[Na+].[Na][Na]. The van der Waals surface area contributed by atoms with Crippen molar-refractivity contribution in [2.75, 3.05) is 28.4 Å². The molecule has 0 radical (unpaired) electrons. The van der Waals surface area contributed by atoms with Crippen LogP contribution in [0.25, 0.3) is 21.8 Å². The monoisotopic (exact) mass is 1220 g/mol. The van der Waals surface area contributed by atoms with Crippen molar-refractivity contribution in [1.29, 1.82) is 0 Å². The maximum atomic E-state index is 13.2. The van der Waals surface area contributed by atoms with Crippen molar-refractivity contribution >= 4 is 102 Å². The molecule has 2 fully saturated rings. The first kappa shape index (κ1) is 71.1. The van der Waals surface area contributed by atoms with E-state index in [9.17, 15) is 33.2 Å². The molecule has 2 saturated carbocycles. The number of benzene rings is 6. The number of hydrogen-bond donors (Lipinski definition) is 1. The van der Waals surface area contributed by atoms with Crippen LogP contribution >= 0.6 is 0 Å². The van der Waals surface area contributed by atoms with Crippen molar-refractivity contribution < 1.29 is 120 Å². The van der Waals surface area contributed by atoms with Crippen molar-refractivity contribution in [2.24, 2.45) is 10.8 Å². The van der Waals surface area contributed by atoms with Crippen LogP contribution in [0.5, 0.6) is 46.0 Å². The van der Waals surface area contributed by atoms with Gasteiger partial charge in [0.15, 0.2) is 52.3 Å². The third-order valence-corrected chi connectivity index (χ3v) is 13.9. The molecule has 1 N–H and O–H groups in total. The summed E-state index contributed by atoms with van der Waals surface area (Å²) in [6, 6.07) is 36.2. The number of carbonyl (C=O) groups is 5. The first-order valence-corrected chi connectivity index (χ1v) is 34.9. The van der Waals surface area contributed by atoms with Crippen LogP contribution in [0.3, 0.4) is 0 Å². The van der Waals surface area contributed by atoms with E-state index >= 15 is 0 Å². The van der Waals surface area contributed by atoms with Crippen LogP contribution in [0.15, 0.2) is 146 Å². The molecule has 6 aromatic carbocycles. The van der Waals surface area contributed by atoms with E-state index in [0.717, 1.165) is 28.2 Å². The Morgan fingerprint density at radius 3 is 1.25 bits per heavy atom. The van der Waals surface area contributed by atoms with Crippen LogP contribution in [0.2, 0.25) is 0 Å². The number of ketones is 4. The third-order valence-electron chi connectivity index (χ3n) is 13.9. The van der Waals surface area contributed by atoms with Gasteiger partial charge in [0.05, 0.1) is 56.2 Å². The topological polar surface area (TPSA) is 259 Å². The molecule has 0 saturated heterocycles. The summed E-state index contributed by atoms with van der Waals surface area (Å²) in [5.41, 5.74) is 2.20. The molecule has 87 heavy (non-hydrogen) atoms. The Bertz CT molecular complexity index is 3670. The van der Waals surface area contributed by atoms with E-state index in [1.807, 2.05) is 18.2 Å². The third kappa shape index (κ3) is 19.4. The Balaban J connectivity index is 0.000000269. The summed E-state index contributed by atoms with van der Waals surface area (Å²) >= 11 is 2.89. The summed E-state index contributed by atoms with van der Waals surface area (Å²) in [5, 5.41) is 32.2. The van der Waals surface area contributed by atoms with Gasteiger partial charge in [0.2, 0.25) is 5.52 Å². The van der Waals surface area contributed by atoms with E-state index in [0.29, 0.717) is 99.2 Å². The van der Waals surface area contributed by atoms with E-state index in [4.69, 9.17) is 48.3 Å². The van der Waals surface area contributed by atoms with E-state index in [1.165, 1.54) is 88.3 Å². The van der Waals surface area contributed by atoms with E-state index < -0.39 is 16.8 Å². The van der Waals surface area contributed by atoms with Gasteiger partial charge in [-0.1, -0.05) is 48.5 Å². The molecule has 19 nitrogen and oxygen atoms in total. The van der Waals surface area contributed by atoms with Crippen LogP contribution in [-0.2, 0) is 64.2 Å². The predicted molar refractivity (Wildman–Crippen MR) is 308 cm³/mol. The first-order valence-electron chi connectivity index (χ1n) is 26.9. The van der Waals surface area contributed by atoms with Crippen molar-refractivity contribution in [3.05, 3.63) is 185 Å². The molecule has 0 atom stereocenters. The number of ether oxygens (including phenoxy) is 6. The molecule has 2 aliphatic rings.